The number of sulfonamides is 1. The molecule has 0 saturated carbocycles. The van der Waals surface area contributed by atoms with Crippen LogP contribution in [0.25, 0.3) is 0 Å². The zero-order valence-corrected chi connectivity index (χ0v) is 19.9. The van der Waals surface area contributed by atoms with Crippen LogP contribution in [0.15, 0.2) is 46.4 Å². The number of pyridine rings is 1. The number of amidine groups is 1. The number of aromatic nitrogens is 1. The second kappa shape index (κ2) is 7.92. The molecule has 1 aromatic carbocycles. The quantitative estimate of drug-likeness (QED) is 0.670. The van der Waals surface area contributed by atoms with E-state index in [-0.39, 0.29) is 28.7 Å². The molecule has 8 nitrogen and oxygen atoms in total. The van der Waals surface area contributed by atoms with Crippen LogP contribution < -0.4 is 9.64 Å². The smallest absolute Gasteiger partial charge is 0.243 e. The molecule has 1 atom stereocenters. The Bertz CT molecular complexity index is 1240. The normalized spacial score (nSPS) is 22.2. The standard InChI is InChI=1S/C24H28N4O4S/c1-16-6-7-18(12-25-16)32-13-17-5-4-10-28(17)33(30,31)19-8-9-21-20(11-19)22(29)23-26-14-24(2,3)15-27(21)23/h6-9,11-12,17H,4-5,10,13-15H2,1-3H3/t17-/m0/s1. The van der Waals surface area contributed by atoms with E-state index in [1.165, 1.54) is 10.4 Å². The van der Waals surface area contributed by atoms with Crippen LogP contribution in [0.3, 0.4) is 0 Å². The number of hydrogen-bond donors (Lipinski definition) is 0. The van der Waals surface area contributed by atoms with Gasteiger partial charge in [-0.3, -0.25) is 14.8 Å². The first-order valence-electron chi connectivity index (χ1n) is 11.2. The molecule has 0 bridgehead atoms. The summed E-state index contributed by atoms with van der Waals surface area (Å²) in [6, 6.07) is 8.29. The molecule has 5 rings (SSSR count). The number of Topliss-reactive ketones (excluding diaryl/α,β-unsaturated/α-hetero) is 1. The minimum Gasteiger partial charge on any atom is -0.490 e. The molecule has 4 heterocycles. The highest BCUT2D eigenvalue weighted by Gasteiger charge is 2.42. The number of rotatable bonds is 5. The lowest BCUT2D eigenvalue weighted by Gasteiger charge is -2.34. The first-order valence-corrected chi connectivity index (χ1v) is 12.7. The highest BCUT2D eigenvalue weighted by atomic mass is 32.2. The van der Waals surface area contributed by atoms with Crippen molar-refractivity contribution in [2.24, 2.45) is 10.4 Å². The van der Waals surface area contributed by atoms with Crippen molar-refractivity contribution in [2.75, 3.05) is 31.1 Å². The molecule has 1 saturated heterocycles. The lowest BCUT2D eigenvalue weighted by Crippen LogP contribution is -2.44. The number of hydrogen-bond acceptors (Lipinski definition) is 7. The largest absolute Gasteiger partial charge is 0.490 e. The van der Waals surface area contributed by atoms with Crippen molar-refractivity contribution in [1.82, 2.24) is 9.29 Å². The van der Waals surface area contributed by atoms with E-state index in [1.807, 2.05) is 24.0 Å². The monoisotopic (exact) mass is 468 g/mol. The molecule has 1 fully saturated rings. The number of fused-ring (bicyclic) bond motifs is 3. The number of benzene rings is 1. The van der Waals surface area contributed by atoms with Crippen LogP contribution in [0.5, 0.6) is 5.75 Å². The van der Waals surface area contributed by atoms with Gasteiger partial charge in [0.2, 0.25) is 15.8 Å². The minimum absolute atomic E-state index is 0.0497. The van der Waals surface area contributed by atoms with Gasteiger partial charge in [0, 0.05) is 30.7 Å². The number of anilines is 1. The Kier molecular flexibility index (Phi) is 5.29. The Hall–Kier alpha value is -2.78. The summed E-state index contributed by atoms with van der Waals surface area (Å²) in [7, 11) is -3.77. The van der Waals surface area contributed by atoms with Crippen molar-refractivity contribution in [3.05, 3.63) is 47.8 Å². The van der Waals surface area contributed by atoms with E-state index in [9.17, 15) is 13.2 Å². The number of nitrogens with zero attached hydrogens (tertiary/aromatic N) is 4. The summed E-state index contributed by atoms with van der Waals surface area (Å²) in [6.07, 6.45) is 3.14. The number of ketones is 1. The predicted molar refractivity (Wildman–Crippen MR) is 126 cm³/mol. The zero-order valence-electron chi connectivity index (χ0n) is 19.1. The van der Waals surface area contributed by atoms with Gasteiger partial charge in [0.25, 0.3) is 0 Å². The molecular formula is C24H28N4O4S. The maximum absolute atomic E-state index is 13.5. The first-order chi connectivity index (χ1) is 15.7. The summed E-state index contributed by atoms with van der Waals surface area (Å²) >= 11 is 0. The second-order valence-corrected chi connectivity index (χ2v) is 11.6. The number of carbonyl (C=O) groups is 1. The van der Waals surface area contributed by atoms with E-state index in [2.05, 4.69) is 23.8 Å². The fourth-order valence-electron chi connectivity index (χ4n) is 4.69. The molecule has 3 aliphatic rings. The van der Waals surface area contributed by atoms with Crippen LogP contribution in [0.4, 0.5) is 5.69 Å². The molecular weight excluding hydrogens is 440 g/mol. The van der Waals surface area contributed by atoms with Gasteiger partial charge in [0.1, 0.15) is 12.4 Å². The third-order valence-electron chi connectivity index (χ3n) is 6.46. The SMILES string of the molecule is Cc1ccc(OC[C@@H]2CCCN2S(=O)(=O)c2ccc3c(c2)C(=O)C2=NCC(C)(C)CN23)cn1. The van der Waals surface area contributed by atoms with Crippen molar-refractivity contribution in [2.45, 2.75) is 44.6 Å². The fourth-order valence-corrected chi connectivity index (χ4v) is 6.40. The minimum atomic E-state index is -3.77. The van der Waals surface area contributed by atoms with Gasteiger partial charge in [-0.05, 0) is 50.1 Å². The molecule has 3 aliphatic heterocycles. The third kappa shape index (κ3) is 3.93. The maximum Gasteiger partial charge on any atom is 0.243 e. The summed E-state index contributed by atoms with van der Waals surface area (Å²) in [4.78, 5) is 23.7. The van der Waals surface area contributed by atoms with Crippen molar-refractivity contribution in [3.8, 4) is 5.75 Å². The number of carbonyl (C=O) groups excluding carboxylic acids is 1. The van der Waals surface area contributed by atoms with Crippen molar-refractivity contribution in [3.63, 3.8) is 0 Å². The maximum atomic E-state index is 13.5. The Morgan fingerprint density at radius 2 is 2.03 bits per heavy atom. The van der Waals surface area contributed by atoms with Gasteiger partial charge in [-0.15, -0.1) is 0 Å². The zero-order chi connectivity index (χ0) is 23.4. The van der Waals surface area contributed by atoms with Crippen molar-refractivity contribution >= 4 is 27.3 Å². The summed E-state index contributed by atoms with van der Waals surface area (Å²) in [6.45, 7) is 8.06. The Balaban J connectivity index is 1.38. The van der Waals surface area contributed by atoms with Crippen LogP contribution in [-0.4, -0.2) is 61.6 Å². The Morgan fingerprint density at radius 1 is 1.21 bits per heavy atom. The van der Waals surface area contributed by atoms with Crippen LogP contribution in [0, 0.1) is 12.3 Å². The first kappa shape index (κ1) is 22.0. The van der Waals surface area contributed by atoms with Gasteiger partial charge in [-0.25, -0.2) is 8.42 Å². The molecule has 174 valence electrons. The van der Waals surface area contributed by atoms with Gasteiger partial charge in [0.05, 0.1) is 28.4 Å². The molecule has 9 heteroatoms. The number of aliphatic imine (C=N–C) groups is 1. The van der Waals surface area contributed by atoms with Gasteiger partial charge in [0.15, 0.2) is 5.84 Å². The summed E-state index contributed by atoms with van der Waals surface area (Å²) < 4.78 is 34.4. The van der Waals surface area contributed by atoms with E-state index in [4.69, 9.17) is 4.74 Å². The van der Waals surface area contributed by atoms with E-state index >= 15 is 0 Å². The summed E-state index contributed by atoms with van der Waals surface area (Å²) in [5, 5.41) is 0. The lowest BCUT2D eigenvalue weighted by atomic mass is 9.91. The van der Waals surface area contributed by atoms with E-state index in [1.54, 1.807) is 18.3 Å². The van der Waals surface area contributed by atoms with Crippen LogP contribution in [0.1, 0.15) is 42.7 Å². The topological polar surface area (TPSA) is 92.2 Å². The summed E-state index contributed by atoms with van der Waals surface area (Å²) in [5.74, 6) is 0.831. The second-order valence-electron chi connectivity index (χ2n) is 9.76. The average molecular weight is 469 g/mol. The molecule has 0 N–H and O–H groups in total. The predicted octanol–water partition coefficient (Wildman–Crippen LogP) is 3.06. The van der Waals surface area contributed by atoms with Crippen LogP contribution in [0.2, 0.25) is 0 Å². The van der Waals surface area contributed by atoms with Crippen LogP contribution in [-0.2, 0) is 10.0 Å². The van der Waals surface area contributed by atoms with Crippen molar-refractivity contribution < 1.29 is 17.9 Å². The molecule has 1 aromatic heterocycles. The van der Waals surface area contributed by atoms with Gasteiger partial charge in [-0.1, -0.05) is 13.8 Å². The number of ether oxygens (including phenoxy) is 1. The van der Waals surface area contributed by atoms with Crippen molar-refractivity contribution in [1.29, 1.82) is 0 Å². The molecule has 0 spiro atoms. The highest BCUT2D eigenvalue weighted by molar-refractivity contribution is 7.89. The third-order valence-corrected chi connectivity index (χ3v) is 8.41. The Morgan fingerprint density at radius 3 is 2.79 bits per heavy atom. The number of aryl methyl sites for hydroxylation is 1. The summed E-state index contributed by atoms with van der Waals surface area (Å²) in [5.41, 5.74) is 1.99. The highest BCUT2D eigenvalue weighted by Crippen LogP contribution is 2.37. The fraction of sp³-hybridized carbons (Fsp3) is 0.458. The van der Waals surface area contributed by atoms with Gasteiger partial charge < -0.3 is 9.64 Å². The van der Waals surface area contributed by atoms with Gasteiger partial charge >= 0.3 is 0 Å². The van der Waals surface area contributed by atoms with Crippen LogP contribution >= 0.6 is 0 Å². The van der Waals surface area contributed by atoms with E-state index in [0.29, 0.717) is 36.8 Å². The van der Waals surface area contributed by atoms with Gasteiger partial charge in [-0.2, -0.15) is 4.31 Å². The molecule has 0 amide bonds. The molecule has 33 heavy (non-hydrogen) atoms. The Labute approximate surface area is 194 Å². The molecule has 0 aliphatic carbocycles. The molecule has 0 unspecified atom stereocenters. The van der Waals surface area contributed by atoms with E-state index in [0.717, 1.165) is 24.2 Å². The lowest BCUT2D eigenvalue weighted by molar-refractivity contribution is 0.106. The van der Waals surface area contributed by atoms with E-state index < -0.39 is 10.0 Å². The molecule has 2 aromatic rings. The molecule has 0 radical (unpaired) electrons. The average Bonchev–Trinajstić information content (AvgIpc) is 3.36.